The molecule has 2 aromatic rings. The number of nitrogens with one attached hydrogen (secondary N) is 1. The van der Waals surface area contributed by atoms with Crippen LogP contribution in [-0.2, 0) is 6.42 Å². The summed E-state index contributed by atoms with van der Waals surface area (Å²) in [5, 5.41) is 7.04. The number of aromatic nitrogens is 2. The zero-order valence-corrected chi connectivity index (χ0v) is 15.2. The molecule has 1 atom stereocenters. The van der Waals surface area contributed by atoms with Gasteiger partial charge in [-0.15, -0.1) is 0 Å². The normalized spacial score (nSPS) is 13.1. The Labute approximate surface area is 143 Å². The van der Waals surface area contributed by atoms with Crippen LogP contribution in [0.15, 0.2) is 35.1 Å². The molecule has 24 heavy (non-hydrogen) atoms. The molecule has 1 N–H and O–H groups in total. The number of carbonyl (C=O) groups excluding carboxylic acids is 1. The fourth-order valence-electron chi connectivity index (χ4n) is 2.61. The van der Waals surface area contributed by atoms with Crippen LogP contribution in [0, 0.1) is 11.3 Å². The smallest absolute Gasteiger partial charge is 0.290 e. The molecule has 2 rings (SSSR count). The molecule has 0 aliphatic heterocycles. The maximum absolute atomic E-state index is 12.5. The zero-order chi connectivity index (χ0) is 17.7. The largest absolute Gasteiger partial charge is 0.351 e. The van der Waals surface area contributed by atoms with Gasteiger partial charge in [-0.3, -0.25) is 9.78 Å². The minimum atomic E-state index is -0.240. The minimum Gasteiger partial charge on any atom is -0.351 e. The van der Waals surface area contributed by atoms with Crippen molar-refractivity contribution in [3.8, 4) is 0 Å². The van der Waals surface area contributed by atoms with Gasteiger partial charge in [-0.05, 0) is 35.8 Å². The molecule has 0 aromatic carbocycles. The van der Waals surface area contributed by atoms with E-state index in [2.05, 4.69) is 50.1 Å². The summed E-state index contributed by atoms with van der Waals surface area (Å²) in [6.45, 7) is 10.7. The van der Waals surface area contributed by atoms with E-state index in [0.717, 1.165) is 24.1 Å². The van der Waals surface area contributed by atoms with Crippen LogP contribution in [0.4, 0.5) is 0 Å². The maximum Gasteiger partial charge on any atom is 0.290 e. The second kappa shape index (κ2) is 7.60. The summed E-state index contributed by atoms with van der Waals surface area (Å²) < 4.78 is 5.22. The van der Waals surface area contributed by atoms with Crippen LogP contribution >= 0.6 is 0 Å². The highest BCUT2D eigenvalue weighted by Gasteiger charge is 2.24. The SMILES string of the molecule is CC(C)Cc1cc(C(=O)N[C@H](CC(C)(C)C)c2cccnc2)on1. The maximum atomic E-state index is 12.5. The molecule has 0 radical (unpaired) electrons. The highest BCUT2D eigenvalue weighted by molar-refractivity contribution is 5.91. The van der Waals surface area contributed by atoms with Crippen molar-refractivity contribution in [1.29, 1.82) is 0 Å². The monoisotopic (exact) mass is 329 g/mol. The number of hydrogen-bond acceptors (Lipinski definition) is 4. The van der Waals surface area contributed by atoms with Gasteiger partial charge >= 0.3 is 0 Å². The zero-order valence-electron chi connectivity index (χ0n) is 15.2. The van der Waals surface area contributed by atoms with Crippen molar-refractivity contribution in [3.05, 3.63) is 47.6 Å². The lowest BCUT2D eigenvalue weighted by Crippen LogP contribution is -2.31. The quantitative estimate of drug-likeness (QED) is 0.863. The van der Waals surface area contributed by atoms with Crippen LogP contribution in [0.2, 0.25) is 0 Å². The molecule has 0 unspecified atom stereocenters. The van der Waals surface area contributed by atoms with E-state index >= 15 is 0 Å². The molecule has 1 amide bonds. The van der Waals surface area contributed by atoms with Crippen LogP contribution in [0.25, 0.3) is 0 Å². The van der Waals surface area contributed by atoms with E-state index in [4.69, 9.17) is 4.52 Å². The van der Waals surface area contributed by atoms with Crippen LogP contribution in [0.1, 0.15) is 68.9 Å². The molecular weight excluding hydrogens is 302 g/mol. The third kappa shape index (κ3) is 5.48. The van der Waals surface area contributed by atoms with E-state index in [-0.39, 0.29) is 23.1 Å². The van der Waals surface area contributed by atoms with Gasteiger partial charge in [0, 0.05) is 18.5 Å². The van der Waals surface area contributed by atoms with Gasteiger partial charge in [0.1, 0.15) is 0 Å². The molecule has 0 aliphatic carbocycles. The van der Waals surface area contributed by atoms with Gasteiger partial charge in [0.15, 0.2) is 0 Å². The van der Waals surface area contributed by atoms with Crippen LogP contribution in [-0.4, -0.2) is 16.0 Å². The summed E-state index contributed by atoms with van der Waals surface area (Å²) >= 11 is 0. The van der Waals surface area contributed by atoms with Gasteiger partial charge in [-0.25, -0.2) is 0 Å². The van der Waals surface area contributed by atoms with Gasteiger partial charge in [0.05, 0.1) is 11.7 Å². The Balaban J connectivity index is 2.13. The van der Waals surface area contributed by atoms with Crippen molar-refractivity contribution < 1.29 is 9.32 Å². The average molecular weight is 329 g/mol. The van der Waals surface area contributed by atoms with Crippen LogP contribution in [0.5, 0.6) is 0 Å². The standard InChI is InChI=1S/C19H27N3O2/c1-13(2)9-15-10-17(24-22-15)18(23)21-16(11-19(3,4)5)14-7-6-8-20-12-14/h6-8,10,12-13,16H,9,11H2,1-5H3,(H,21,23)/t16-/m1/s1. The Hall–Kier alpha value is -2.17. The van der Waals surface area contributed by atoms with Crippen molar-refractivity contribution in [3.63, 3.8) is 0 Å². The first-order chi connectivity index (χ1) is 11.2. The lowest BCUT2D eigenvalue weighted by Gasteiger charge is -2.26. The van der Waals surface area contributed by atoms with E-state index < -0.39 is 0 Å². The summed E-state index contributed by atoms with van der Waals surface area (Å²) in [4.78, 5) is 16.7. The molecule has 0 aliphatic rings. The van der Waals surface area contributed by atoms with E-state index in [9.17, 15) is 4.79 Å². The molecule has 0 saturated heterocycles. The number of nitrogens with zero attached hydrogens (tertiary/aromatic N) is 2. The molecular formula is C19H27N3O2. The summed E-state index contributed by atoms with van der Waals surface area (Å²) in [6, 6.07) is 5.47. The minimum absolute atomic E-state index is 0.0675. The summed E-state index contributed by atoms with van der Waals surface area (Å²) in [7, 11) is 0. The van der Waals surface area contributed by atoms with Crippen LogP contribution < -0.4 is 5.32 Å². The fourth-order valence-corrected chi connectivity index (χ4v) is 2.61. The topological polar surface area (TPSA) is 68.0 Å². The van der Waals surface area contributed by atoms with Gasteiger partial charge in [0.25, 0.3) is 5.91 Å². The Morgan fingerprint density at radius 1 is 1.33 bits per heavy atom. The highest BCUT2D eigenvalue weighted by Crippen LogP contribution is 2.29. The van der Waals surface area contributed by atoms with Gasteiger partial charge in [-0.2, -0.15) is 0 Å². The third-order valence-corrected chi connectivity index (χ3v) is 3.61. The molecule has 5 nitrogen and oxygen atoms in total. The Kier molecular flexibility index (Phi) is 5.75. The number of rotatable bonds is 6. The van der Waals surface area contributed by atoms with E-state index in [1.54, 1.807) is 18.5 Å². The molecule has 0 saturated carbocycles. The van der Waals surface area contributed by atoms with E-state index in [1.807, 2.05) is 12.1 Å². The molecule has 0 bridgehead atoms. The molecule has 130 valence electrons. The van der Waals surface area contributed by atoms with Gasteiger partial charge in [0.2, 0.25) is 5.76 Å². The number of hydrogen-bond donors (Lipinski definition) is 1. The lowest BCUT2D eigenvalue weighted by molar-refractivity contribution is 0.0888. The first kappa shape index (κ1) is 18.2. The second-order valence-electron chi connectivity index (χ2n) is 7.86. The predicted octanol–water partition coefficient (Wildman–Crippen LogP) is 4.18. The van der Waals surface area contributed by atoms with Gasteiger partial charge in [-0.1, -0.05) is 45.8 Å². The predicted molar refractivity (Wildman–Crippen MR) is 93.6 cm³/mol. The highest BCUT2D eigenvalue weighted by atomic mass is 16.5. The Morgan fingerprint density at radius 3 is 2.67 bits per heavy atom. The van der Waals surface area contributed by atoms with Crippen molar-refractivity contribution >= 4 is 5.91 Å². The first-order valence-corrected chi connectivity index (χ1v) is 8.41. The van der Waals surface area contributed by atoms with Crippen molar-refractivity contribution in [2.24, 2.45) is 11.3 Å². The summed E-state index contributed by atoms with van der Waals surface area (Å²) in [5.41, 5.74) is 1.87. The van der Waals surface area contributed by atoms with Crippen LogP contribution in [0.3, 0.4) is 0 Å². The molecule has 0 fully saturated rings. The molecule has 2 heterocycles. The average Bonchev–Trinajstić information content (AvgIpc) is 2.94. The first-order valence-electron chi connectivity index (χ1n) is 8.41. The fraction of sp³-hybridized carbons (Fsp3) is 0.526. The molecule has 0 spiro atoms. The van der Waals surface area contributed by atoms with Crippen molar-refractivity contribution in [1.82, 2.24) is 15.5 Å². The summed E-state index contributed by atoms with van der Waals surface area (Å²) in [5.74, 6) is 0.485. The number of amides is 1. The van der Waals surface area contributed by atoms with Gasteiger partial charge < -0.3 is 9.84 Å². The van der Waals surface area contributed by atoms with Crippen molar-refractivity contribution in [2.45, 2.75) is 53.5 Å². The third-order valence-electron chi connectivity index (χ3n) is 3.61. The second-order valence-corrected chi connectivity index (χ2v) is 7.86. The van der Waals surface area contributed by atoms with E-state index in [1.165, 1.54) is 0 Å². The molecule has 5 heteroatoms. The Bertz CT molecular complexity index is 657. The number of pyridine rings is 1. The lowest BCUT2D eigenvalue weighted by atomic mass is 9.86. The molecule has 2 aromatic heterocycles. The van der Waals surface area contributed by atoms with Crippen molar-refractivity contribution in [2.75, 3.05) is 0 Å². The Morgan fingerprint density at radius 2 is 2.08 bits per heavy atom. The summed E-state index contributed by atoms with van der Waals surface area (Å²) in [6.07, 6.45) is 5.12. The number of carbonyl (C=O) groups is 1. The van der Waals surface area contributed by atoms with E-state index in [0.29, 0.717) is 5.92 Å².